The Labute approximate surface area is 129 Å². The molecule has 2 aromatic carbocycles. The Hall–Kier alpha value is -1.60. The van der Waals surface area contributed by atoms with Gasteiger partial charge in [0.2, 0.25) is 0 Å². The summed E-state index contributed by atoms with van der Waals surface area (Å²) in [5.41, 5.74) is 11.9. The topological polar surface area (TPSA) is 26.0 Å². The highest BCUT2D eigenvalue weighted by atomic mass is 14.6. The molecule has 0 aliphatic carbocycles. The molecule has 0 bridgehead atoms. The zero-order valence-electron chi connectivity index (χ0n) is 13.7. The quantitative estimate of drug-likeness (QED) is 0.821. The van der Waals surface area contributed by atoms with Crippen molar-refractivity contribution in [3.8, 4) is 0 Å². The van der Waals surface area contributed by atoms with Crippen molar-refractivity contribution in [3.05, 3.63) is 70.8 Å². The summed E-state index contributed by atoms with van der Waals surface area (Å²) in [6.45, 7) is 8.98. The van der Waals surface area contributed by atoms with Crippen molar-refractivity contribution < 1.29 is 0 Å². The molecule has 0 amide bonds. The van der Waals surface area contributed by atoms with E-state index >= 15 is 0 Å². The van der Waals surface area contributed by atoms with Crippen LogP contribution in [0.5, 0.6) is 0 Å². The lowest BCUT2D eigenvalue weighted by Crippen LogP contribution is -2.17. The zero-order valence-corrected chi connectivity index (χ0v) is 13.7. The molecule has 0 radical (unpaired) electrons. The molecule has 0 saturated carbocycles. The van der Waals surface area contributed by atoms with Gasteiger partial charge in [-0.15, -0.1) is 0 Å². The third kappa shape index (κ3) is 3.36. The van der Waals surface area contributed by atoms with Crippen LogP contribution in [-0.4, -0.2) is 0 Å². The summed E-state index contributed by atoms with van der Waals surface area (Å²) < 4.78 is 0. The second-order valence-corrected chi connectivity index (χ2v) is 6.39. The highest BCUT2D eigenvalue weighted by Crippen LogP contribution is 2.29. The molecule has 0 saturated heterocycles. The summed E-state index contributed by atoms with van der Waals surface area (Å²) in [6, 6.07) is 17.3. The minimum atomic E-state index is -0.0417. The van der Waals surface area contributed by atoms with Gasteiger partial charge in [-0.25, -0.2) is 0 Å². The van der Waals surface area contributed by atoms with E-state index in [0.29, 0.717) is 0 Å². The third-order valence-electron chi connectivity index (χ3n) is 4.71. The molecule has 0 heterocycles. The number of nitrogens with two attached hydrogens (primary N) is 1. The minimum Gasteiger partial charge on any atom is -0.320 e. The molecular formula is C20H27N. The molecular weight excluding hydrogens is 254 g/mol. The molecule has 2 N–H and O–H groups in total. The van der Waals surface area contributed by atoms with Gasteiger partial charge in [-0.2, -0.15) is 0 Å². The fraction of sp³-hybridized carbons (Fsp3) is 0.400. The van der Waals surface area contributed by atoms with Crippen LogP contribution in [0.2, 0.25) is 0 Å². The number of hydrogen-bond donors (Lipinski definition) is 1. The Morgan fingerprint density at radius 2 is 1.57 bits per heavy atom. The van der Waals surface area contributed by atoms with Crippen molar-refractivity contribution in [1.82, 2.24) is 0 Å². The van der Waals surface area contributed by atoms with E-state index in [1.165, 1.54) is 22.3 Å². The van der Waals surface area contributed by atoms with E-state index in [0.717, 1.165) is 12.8 Å². The van der Waals surface area contributed by atoms with Crippen molar-refractivity contribution >= 4 is 0 Å². The summed E-state index contributed by atoms with van der Waals surface area (Å²) in [7, 11) is 0. The third-order valence-corrected chi connectivity index (χ3v) is 4.71. The van der Waals surface area contributed by atoms with E-state index in [-0.39, 0.29) is 11.5 Å². The lowest BCUT2D eigenvalue weighted by Gasteiger charge is -2.24. The monoisotopic (exact) mass is 281 g/mol. The van der Waals surface area contributed by atoms with Gasteiger partial charge in [0, 0.05) is 0 Å². The van der Waals surface area contributed by atoms with Gasteiger partial charge in [0.05, 0.1) is 6.04 Å². The Balaban J connectivity index is 2.30. The number of rotatable bonds is 5. The fourth-order valence-electron chi connectivity index (χ4n) is 2.68. The number of benzene rings is 2. The van der Waals surface area contributed by atoms with E-state index in [4.69, 9.17) is 5.73 Å². The van der Waals surface area contributed by atoms with Crippen LogP contribution in [0.25, 0.3) is 0 Å². The standard InChI is InChI=1S/C20H27N/c1-5-15-9-7-8-10-18(15)19(21)16-11-13-17(14-12-16)20(3,4)6-2/h7-14,19H,5-6,21H2,1-4H3. The maximum absolute atomic E-state index is 6.48. The maximum Gasteiger partial charge on any atom is 0.0554 e. The lowest BCUT2D eigenvalue weighted by molar-refractivity contribution is 0.506. The normalized spacial score (nSPS) is 13.2. The number of hydrogen-bond acceptors (Lipinski definition) is 1. The summed E-state index contributed by atoms with van der Waals surface area (Å²) in [6.07, 6.45) is 2.15. The van der Waals surface area contributed by atoms with Gasteiger partial charge >= 0.3 is 0 Å². The first-order valence-corrected chi connectivity index (χ1v) is 7.93. The summed E-state index contributed by atoms with van der Waals surface area (Å²) in [5.74, 6) is 0. The summed E-state index contributed by atoms with van der Waals surface area (Å²) >= 11 is 0. The van der Waals surface area contributed by atoms with E-state index in [1.807, 2.05) is 0 Å². The van der Waals surface area contributed by atoms with Gasteiger partial charge in [0.15, 0.2) is 0 Å². The van der Waals surface area contributed by atoms with E-state index in [2.05, 4.69) is 76.2 Å². The molecule has 2 aromatic rings. The summed E-state index contributed by atoms with van der Waals surface area (Å²) in [4.78, 5) is 0. The Kier molecular flexibility index (Phi) is 4.84. The first kappa shape index (κ1) is 15.8. The molecule has 0 spiro atoms. The van der Waals surface area contributed by atoms with E-state index in [9.17, 15) is 0 Å². The fourth-order valence-corrected chi connectivity index (χ4v) is 2.68. The molecule has 112 valence electrons. The molecule has 1 atom stereocenters. The van der Waals surface area contributed by atoms with E-state index < -0.39 is 0 Å². The molecule has 1 unspecified atom stereocenters. The molecule has 2 rings (SSSR count). The van der Waals surface area contributed by atoms with Crippen LogP contribution >= 0.6 is 0 Å². The molecule has 0 aliphatic rings. The molecule has 0 aliphatic heterocycles. The van der Waals surface area contributed by atoms with E-state index in [1.54, 1.807) is 0 Å². The van der Waals surface area contributed by atoms with Crippen LogP contribution in [-0.2, 0) is 11.8 Å². The second kappa shape index (κ2) is 6.44. The Bertz CT molecular complexity index is 581. The average molecular weight is 281 g/mol. The van der Waals surface area contributed by atoms with Crippen molar-refractivity contribution in [2.75, 3.05) is 0 Å². The largest absolute Gasteiger partial charge is 0.320 e. The highest BCUT2D eigenvalue weighted by molar-refractivity contribution is 5.39. The molecule has 0 fully saturated rings. The van der Waals surface area contributed by atoms with Crippen LogP contribution in [0, 0.1) is 0 Å². The SMILES string of the molecule is CCc1ccccc1C(N)c1ccc(C(C)(C)CC)cc1. The van der Waals surface area contributed by atoms with Gasteiger partial charge in [-0.1, -0.05) is 76.2 Å². The van der Waals surface area contributed by atoms with Crippen LogP contribution in [0.3, 0.4) is 0 Å². The van der Waals surface area contributed by atoms with Crippen LogP contribution in [0.1, 0.15) is 62.4 Å². The van der Waals surface area contributed by atoms with Crippen LogP contribution < -0.4 is 5.73 Å². The van der Waals surface area contributed by atoms with Gasteiger partial charge in [0.25, 0.3) is 0 Å². The van der Waals surface area contributed by atoms with Crippen LogP contribution in [0.4, 0.5) is 0 Å². The van der Waals surface area contributed by atoms with Crippen molar-refractivity contribution in [1.29, 1.82) is 0 Å². The first-order chi connectivity index (χ1) is 9.99. The maximum atomic E-state index is 6.48. The first-order valence-electron chi connectivity index (χ1n) is 7.93. The van der Waals surface area contributed by atoms with Crippen molar-refractivity contribution in [2.45, 2.75) is 52.0 Å². The van der Waals surface area contributed by atoms with Crippen molar-refractivity contribution in [3.63, 3.8) is 0 Å². The second-order valence-electron chi connectivity index (χ2n) is 6.39. The zero-order chi connectivity index (χ0) is 15.5. The van der Waals surface area contributed by atoms with Gasteiger partial charge in [-0.3, -0.25) is 0 Å². The van der Waals surface area contributed by atoms with Gasteiger partial charge < -0.3 is 5.73 Å². The number of aryl methyl sites for hydroxylation is 1. The van der Waals surface area contributed by atoms with Gasteiger partial charge in [-0.05, 0) is 40.5 Å². The summed E-state index contributed by atoms with van der Waals surface area (Å²) in [5, 5.41) is 0. The average Bonchev–Trinajstić information content (AvgIpc) is 2.54. The Morgan fingerprint density at radius 1 is 0.952 bits per heavy atom. The predicted molar refractivity (Wildman–Crippen MR) is 91.6 cm³/mol. The molecule has 21 heavy (non-hydrogen) atoms. The molecule has 1 heteroatoms. The smallest absolute Gasteiger partial charge is 0.0554 e. The Morgan fingerprint density at radius 3 is 2.14 bits per heavy atom. The van der Waals surface area contributed by atoms with Crippen molar-refractivity contribution in [2.24, 2.45) is 5.73 Å². The molecule has 0 aromatic heterocycles. The lowest BCUT2D eigenvalue weighted by atomic mass is 9.81. The molecule has 1 nitrogen and oxygen atoms in total. The van der Waals surface area contributed by atoms with Gasteiger partial charge in [0.1, 0.15) is 0 Å². The predicted octanol–water partition coefficient (Wildman–Crippen LogP) is 4.98. The van der Waals surface area contributed by atoms with Crippen LogP contribution in [0.15, 0.2) is 48.5 Å². The minimum absolute atomic E-state index is 0.0417. The highest BCUT2D eigenvalue weighted by Gasteiger charge is 2.18.